The van der Waals surface area contributed by atoms with E-state index in [1.807, 2.05) is 66.7 Å². The summed E-state index contributed by atoms with van der Waals surface area (Å²) in [7, 11) is 0. The Hall–Kier alpha value is -6.62. The highest BCUT2D eigenvalue weighted by Gasteiger charge is 2.28. The fraction of sp³-hybridized carbons (Fsp3) is 0. The van der Waals surface area contributed by atoms with Crippen molar-refractivity contribution < 1.29 is 43.9 Å². The normalized spacial score (nSPS) is 11.8. The molecule has 0 spiro atoms. The molecule has 8 aromatic carbocycles. The van der Waals surface area contributed by atoms with Crippen LogP contribution in [0, 0.1) is 58.2 Å². The molecule has 0 N–H and O–H groups in total. The Labute approximate surface area is 304 Å². The molecule has 0 aliphatic rings. The minimum atomic E-state index is -2.24. The molecule has 11 heteroatoms. The van der Waals surface area contributed by atoms with Gasteiger partial charge in [0.05, 0.1) is 22.2 Å². The van der Waals surface area contributed by atoms with E-state index in [4.69, 9.17) is 0 Å². The number of rotatable bonds is 5. The monoisotopic (exact) mass is 751 g/mol. The highest BCUT2D eigenvalue weighted by molar-refractivity contribution is 6.28. The smallest absolute Gasteiger partial charge is 0.200 e. The van der Waals surface area contributed by atoms with Gasteiger partial charge in [-0.3, -0.25) is 0 Å². The Kier molecular flexibility index (Phi) is 7.75. The molecule has 0 unspecified atom stereocenters. The first-order valence-electron chi connectivity index (χ1n) is 16.6. The van der Waals surface area contributed by atoms with Crippen molar-refractivity contribution in [1.29, 1.82) is 0 Å². The van der Waals surface area contributed by atoms with Gasteiger partial charge in [0.1, 0.15) is 0 Å². The Morgan fingerprint density at radius 1 is 0.291 bits per heavy atom. The van der Waals surface area contributed by atoms with Gasteiger partial charge in [0.25, 0.3) is 0 Å². The van der Waals surface area contributed by atoms with Crippen molar-refractivity contribution in [3.05, 3.63) is 173 Å². The zero-order valence-corrected chi connectivity index (χ0v) is 27.7. The van der Waals surface area contributed by atoms with Crippen molar-refractivity contribution in [3.8, 4) is 50.2 Å². The SMILES string of the molecule is Fc1c(F)c(F)c(-c2ccc(-c3ccc4c5c3ccc3c(-c6ccc(-c7c(F)c(F)c(F)c(F)c7F)cc6)ccc(c35)n4-c3ccccc3)cc2)c(F)c1F. The van der Waals surface area contributed by atoms with Crippen LogP contribution >= 0.6 is 0 Å². The first-order valence-corrected chi connectivity index (χ1v) is 16.6. The molecule has 1 nitrogen and oxygen atoms in total. The van der Waals surface area contributed by atoms with Crippen molar-refractivity contribution in [2.45, 2.75) is 0 Å². The molecule has 0 aliphatic heterocycles. The highest BCUT2D eigenvalue weighted by Crippen LogP contribution is 2.46. The molecular weight excluding hydrogens is 732 g/mol. The van der Waals surface area contributed by atoms with Crippen molar-refractivity contribution in [1.82, 2.24) is 4.57 Å². The second kappa shape index (κ2) is 12.5. The van der Waals surface area contributed by atoms with Gasteiger partial charge >= 0.3 is 0 Å². The predicted molar refractivity (Wildman–Crippen MR) is 191 cm³/mol. The Bertz CT molecular complexity index is 2760. The summed E-state index contributed by atoms with van der Waals surface area (Å²) in [5, 5.41) is 3.26. The standard InChI is InChI=1S/C44H19F10N/c45-35-31(36(46)40(50)43(53)39(35)49)22-10-6-20(7-11-22)25-16-18-29-33-27(25)14-15-28-26(17-19-30(34(28)33)55(29)24-4-2-1-3-5-24)21-8-12-23(13-9-21)32-37(47)41(51)44(54)42(52)38(32)48/h1-19H. The van der Waals surface area contributed by atoms with Crippen molar-refractivity contribution >= 4 is 32.6 Å². The first kappa shape index (κ1) is 34.2. The van der Waals surface area contributed by atoms with E-state index in [9.17, 15) is 43.9 Å². The van der Waals surface area contributed by atoms with Crippen LogP contribution in [-0.4, -0.2) is 4.57 Å². The summed E-state index contributed by atoms with van der Waals surface area (Å²) in [6.07, 6.45) is 0. The second-order valence-electron chi connectivity index (χ2n) is 12.9. The molecule has 55 heavy (non-hydrogen) atoms. The van der Waals surface area contributed by atoms with E-state index in [0.29, 0.717) is 22.3 Å². The van der Waals surface area contributed by atoms with Gasteiger partial charge in [0.15, 0.2) is 46.5 Å². The molecule has 0 atom stereocenters. The fourth-order valence-electron chi connectivity index (χ4n) is 7.47. The lowest BCUT2D eigenvalue weighted by atomic mass is 9.90. The van der Waals surface area contributed by atoms with Gasteiger partial charge in [-0.1, -0.05) is 91.0 Å². The zero-order valence-electron chi connectivity index (χ0n) is 27.7. The molecule has 270 valence electrons. The van der Waals surface area contributed by atoms with E-state index in [1.54, 1.807) is 0 Å². The molecular formula is C44H19F10N. The molecule has 0 bridgehead atoms. The summed E-state index contributed by atoms with van der Waals surface area (Å²) in [4.78, 5) is 0. The molecule has 9 aromatic rings. The van der Waals surface area contributed by atoms with E-state index >= 15 is 0 Å². The van der Waals surface area contributed by atoms with Gasteiger partial charge in [-0.15, -0.1) is 0 Å². The van der Waals surface area contributed by atoms with Gasteiger partial charge in [-0.2, -0.15) is 0 Å². The molecule has 0 amide bonds. The summed E-state index contributed by atoms with van der Waals surface area (Å²) in [5.74, 6) is -20.4. The van der Waals surface area contributed by atoms with Gasteiger partial charge < -0.3 is 4.57 Å². The van der Waals surface area contributed by atoms with Crippen molar-refractivity contribution in [2.24, 2.45) is 0 Å². The van der Waals surface area contributed by atoms with Crippen LogP contribution in [0.5, 0.6) is 0 Å². The summed E-state index contributed by atoms with van der Waals surface area (Å²) >= 11 is 0. The lowest BCUT2D eigenvalue weighted by Gasteiger charge is -2.13. The van der Waals surface area contributed by atoms with Gasteiger partial charge in [-0.25, -0.2) is 43.9 Å². The molecule has 1 heterocycles. The van der Waals surface area contributed by atoms with Gasteiger partial charge in [0.2, 0.25) is 11.6 Å². The van der Waals surface area contributed by atoms with Crippen LogP contribution in [-0.2, 0) is 0 Å². The first-order chi connectivity index (χ1) is 26.5. The average molecular weight is 752 g/mol. The lowest BCUT2D eigenvalue weighted by Crippen LogP contribution is -2.03. The van der Waals surface area contributed by atoms with E-state index in [1.165, 1.54) is 48.5 Å². The minimum absolute atomic E-state index is 0.208. The molecule has 0 saturated carbocycles. The third-order valence-electron chi connectivity index (χ3n) is 10.00. The van der Waals surface area contributed by atoms with E-state index < -0.39 is 69.3 Å². The minimum Gasteiger partial charge on any atom is -0.309 e. The summed E-state index contributed by atoms with van der Waals surface area (Å²) < 4.78 is 144. The largest absolute Gasteiger partial charge is 0.309 e. The maximum Gasteiger partial charge on any atom is 0.200 e. The quantitative estimate of drug-likeness (QED) is 0.0714. The number of halogens is 10. The van der Waals surface area contributed by atoms with Crippen LogP contribution in [0.15, 0.2) is 115 Å². The predicted octanol–water partition coefficient (Wildman–Crippen LogP) is 13.4. The number of nitrogens with zero attached hydrogens (tertiary/aromatic N) is 1. The van der Waals surface area contributed by atoms with Crippen LogP contribution in [0.1, 0.15) is 0 Å². The third kappa shape index (κ3) is 4.95. The number of hydrogen-bond acceptors (Lipinski definition) is 0. The Morgan fingerprint density at radius 3 is 0.982 bits per heavy atom. The number of aromatic nitrogens is 1. The third-order valence-corrected chi connectivity index (χ3v) is 10.00. The summed E-state index contributed by atoms with van der Waals surface area (Å²) in [6.45, 7) is 0. The molecule has 0 saturated heterocycles. The molecule has 9 rings (SSSR count). The fourth-order valence-corrected chi connectivity index (χ4v) is 7.47. The lowest BCUT2D eigenvalue weighted by molar-refractivity contribution is 0.381. The number of hydrogen-bond donors (Lipinski definition) is 0. The Balaban J connectivity index is 1.21. The molecule has 0 fully saturated rings. The van der Waals surface area contributed by atoms with Crippen molar-refractivity contribution in [2.75, 3.05) is 0 Å². The topological polar surface area (TPSA) is 4.93 Å². The van der Waals surface area contributed by atoms with Crippen LogP contribution in [0.25, 0.3) is 82.8 Å². The molecule has 0 radical (unpaired) electrons. The summed E-state index contributed by atoms with van der Waals surface area (Å²) in [6, 6.07) is 32.2. The maximum absolute atomic E-state index is 14.6. The van der Waals surface area contributed by atoms with Crippen LogP contribution < -0.4 is 0 Å². The van der Waals surface area contributed by atoms with E-state index in [-0.39, 0.29) is 11.1 Å². The van der Waals surface area contributed by atoms with Crippen molar-refractivity contribution in [3.63, 3.8) is 0 Å². The highest BCUT2D eigenvalue weighted by atomic mass is 19.2. The van der Waals surface area contributed by atoms with E-state index in [2.05, 4.69) is 4.57 Å². The Morgan fingerprint density at radius 2 is 0.618 bits per heavy atom. The van der Waals surface area contributed by atoms with Crippen LogP contribution in [0.4, 0.5) is 43.9 Å². The maximum atomic E-state index is 14.6. The molecule has 1 aromatic heterocycles. The molecule has 0 aliphatic carbocycles. The average Bonchev–Trinajstić information content (AvgIpc) is 3.56. The number of para-hydroxylation sites is 1. The van der Waals surface area contributed by atoms with Crippen LogP contribution in [0.2, 0.25) is 0 Å². The van der Waals surface area contributed by atoms with Gasteiger partial charge in [-0.05, 0) is 68.4 Å². The summed E-state index contributed by atoms with van der Waals surface area (Å²) in [5.41, 5.74) is 2.65. The number of benzene rings is 8. The van der Waals surface area contributed by atoms with E-state index in [0.717, 1.165) is 38.3 Å². The zero-order chi connectivity index (χ0) is 38.4. The van der Waals surface area contributed by atoms with Crippen LogP contribution in [0.3, 0.4) is 0 Å². The van der Waals surface area contributed by atoms with Gasteiger partial charge in [0, 0.05) is 16.5 Å². The second-order valence-corrected chi connectivity index (χ2v) is 12.9.